The Morgan fingerprint density at radius 2 is 0.627 bits per heavy atom. The van der Waals surface area contributed by atoms with Crippen LogP contribution < -0.4 is 5.32 Å². The zero-order chi connectivity index (χ0) is 54.3. The number of esters is 1. The van der Waals surface area contributed by atoms with Crippen molar-refractivity contribution in [1.29, 1.82) is 0 Å². The van der Waals surface area contributed by atoms with Gasteiger partial charge in [0.25, 0.3) is 0 Å². The van der Waals surface area contributed by atoms with Gasteiger partial charge < -0.3 is 20.3 Å². The van der Waals surface area contributed by atoms with E-state index < -0.39 is 12.1 Å². The lowest BCUT2D eigenvalue weighted by atomic mass is 10.0. The van der Waals surface area contributed by atoms with Crippen molar-refractivity contribution in [3.63, 3.8) is 0 Å². The summed E-state index contributed by atoms with van der Waals surface area (Å²) in [6.45, 7) is 4.97. The number of carbonyl (C=O) groups is 2. The average Bonchev–Trinajstić information content (AvgIpc) is 3.41. The van der Waals surface area contributed by atoms with Gasteiger partial charge in [0.1, 0.15) is 0 Å². The van der Waals surface area contributed by atoms with Crippen molar-refractivity contribution in [2.75, 3.05) is 13.2 Å². The Kier molecular flexibility index (Phi) is 63.9. The zero-order valence-corrected chi connectivity index (χ0v) is 51.1. The van der Waals surface area contributed by atoms with Crippen molar-refractivity contribution in [2.24, 2.45) is 0 Å². The van der Waals surface area contributed by atoms with E-state index in [0.717, 1.165) is 51.4 Å². The fourth-order valence-corrected chi connectivity index (χ4v) is 11.1. The Balaban J connectivity index is 3.41. The van der Waals surface area contributed by atoms with Crippen LogP contribution in [0.2, 0.25) is 0 Å². The summed E-state index contributed by atoms with van der Waals surface area (Å²) in [5, 5.41) is 23.4. The van der Waals surface area contributed by atoms with E-state index >= 15 is 0 Å². The van der Waals surface area contributed by atoms with E-state index in [1.807, 2.05) is 0 Å². The quantitative estimate of drug-likeness (QED) is 0.0320. The third-order valence-corrected chi connectivity index (χ3v) is 16.3. The summed E-state index contributed by atoms with van der Waals surface area (Å²) in [7, 11) is 0. The number of aliphatic hydroxyl groups is 2. The Labute approximate surface area is 469 Å². The van der Waals surface area contributed by atoms with Crippen molar-refractivity contribution < 1.29 is 24.5 Å². The number of rotatable bonds is 65. The van der Waals surface area contributed by atoms with Gasteiger partial charge in [-0.15, -0.1) is 0 Å². The SMILES string of the molecule is CCCCCCCC/C=C\CCCCCCCCCCCC(=O)OCCCCCCCCCCCCCCCCC(=O)NC(CO)C(O)CCCCCCCCCCCCCCCCCCCCCCCCCCC. The molecule has 1 amide bonds. The molecule has 0 spiro atoms. The van der Waals surface area contributed by atoms with Crippen LogP contribution in [-0.2, 0) is 14.3 Å². The van der Waals surface area contributed by atoms with Crippen LogP contribution in [0, 0.1) is 0 Å². The summed E-state index contributed by atoms with van der Waals surface area (Å²) in [5.41, 5.74) is 0. The number of nitrogens with one attached hydrogen (secondary N) is 1. The number of hydrogen-bond acceptors (Lipinski definition) is 5. The first kappa shape index (κ1) is 73.6. The fourth-order valence-electron chi connectivity index (χ4n) is 11.1. The molecule has 0 aromatic rings. The van der Waals surface area contributed by atoms with Gasteiger partial charge in [-0.1, -0.05) is 341 Å². The van der Waals surface area contributed by atoms with Gasteiger partial charge in [0.15, 0.2) is 0 Å². The highest BCUT2D eigenvalue weighted by Gasteiger charge is 2.20. The number of amides is 1. The van der Waals surface area contributed by atoms with Crippen molar-refractivity contribution in [1.82, 2.24) is 5.32 Å². The van der Waals surface area contributed by atoms with Crippen molar-refractivity contribution in [3.05, 3.63) is 12.2 Å². The summed E-state index contributed by atoms with van der Waals surface area (Å²) >= 11 is 0. The summed E-state index contributed by atoms with van der Waals surface area (Å²) in [6, 6.07) is -0.551. The van der Waals surface area contributed by atoms with Gasteiger partial charge in [0.2, 0.25) is 5.91 Å². The average molecular weight is 1060 g/mol. The predicted octanol–water partition coefficient (Wildman–Crippen LogP) is 22.0. The predicted molar refractivity (Wildman–Crippen MR) is 329 cm³/mol. The van der Waals surface area contributed by atoms with Crippen LogP contribution in [0.4, 0.5) is 0 Å². The molecule has 0 rings (SSSR count). The molecule has 0 saturated carbocycles. The summed E-state index contributed by atoms with van der Waals surface area (Å²) in [4.78, 5) is 24.7. The van der Waals surface area contributed by atoms with Gasteiger partial charge in [-0.2, -0.15) is 0 Å². The molecule has 3 N–H and O–H groups in total. The molecular formula is C69H135NO5. The topological polar surface area (TPSA) is 95.9 Å². The molecule has 6 nitrogen and oxygen atoms in total. The minimum absolute atomic E-state index is 0.000824. The number of carbonyl (C=O) groups excluding carboxylic acids is 2. The highest BCUT2D eigenvalue weighted by Crippen LogP contribution is 2.19. The molecule has 2 atom stereocenters. The standard InChI is InChI=1S/C69H135NO5/c1-3-5-7-9-11-13-15-17-19-21-23-24-25-26-27-28-30-31-33-37-41-45-49-53-57-61-67(72)66(65-71)70-68(73)62-58-54-50-46-42-38-35-36-40-44-48-52-56-60-64-75-69(74)63-59-55-51-47-43-39-34-32-29-22-20-18-16-14-12-10-8-6-4-2/h18,20,66-67,71-72H,3-17,19,21-65H2,1-2H3,(H,70,73)/b20-18-. The third-order valence-electron chi connectivity index (χ3n) is 16.3. The first-order valence-corrected chi connectivity index (χ1v) is 34.4. The van der Waals surface area contributed by atoms with E-state index in [2.05, 4.69) is 31.3 Å². The zero-order valence-electron chi connectivity index (χ0n) is 51.1. The molecule has 446 valence electrons. The lowest BCUT2D eigenvalue weighted by Crippen LogP contribution is -2.45. The monoisotopic (exact) mass is 1060 g/mol. The van der Waals surface area contributed by atoms with Crippen molar-refractivity contribution >= 4 is 11.9 Å². The maximum atomic E-state index is 12.5. The Morgan fingerprint density at radius 1 is 0.360 bits per heavy atom. The van der Waals surface area contributed by atoms with E-state index in [1.165, 1.54) is 308 Å². The molecule has 0 aromatic carbocycles. The second kappa shape index (κ2) is 65.1. The number of allylic oxidation sites excluding steroid dienone is 2. The Morgan fingerprint density at radius 3 is 0.947 bits per heavy atom. The fraction of sp³-hybridized carbons (Fsp3) is 0.942. The Hall–Kier alpha value is -1.40. The lowest BCUT2D eigenvalue weighted by molar-refractivity contribution is -0.143. The van der Waals surface area contributed by atoms with Crippen molar-refractivity contribution in [3.8, 4) is 0 Å². The number of hydrogen-bond donors (Lipinski definition) is 3. The van der Waals surface area contributed by atoms with E-state index in [-0.39, 0.29) is 18.5 Å². The van der Waals surface area contributed by atoms with E-state index in [4.69, 9.17) is 4.74 Å². The molecule has 0 heterocycles. The molecule has 0 aliphatic rings. The summed E-state index contributed by atoms with van der Waals surface area (Å²) in [5.74, 6) is -0.0410. The highest BCUT2D eigenvalue weighted by atomic mass is 16.5. The molecule has 0 radical (unpaired) electrons. The first-order valence-electron chi connectivity index (χ1n) is 34.4. The van der Waals surface area contributed by atoms with E-state index in [1.54, 1.807) is 0 Å². The number of unbranched alkanes of at least 4 members (excludes halogenated alkanes) is 52. The molecule has 0 fully saturated rings. The minimum Gasteiger partial charge on any atom is -0.466 e. The van der Waals surface area contributed by atoms with Gasteiger partial charge in [-0.05, 0) is 51.4 Å². The number of aliphatic hydroxyl groups excluding tert-OH is 2. The molecular weight excluding hydrogens is 923 g/mol. The highest BCUT2D eigenvalue weighted by molar-refractivity contribution is 5.76. The maximum absolute atomic E-state index is 12.5. The molecule has 0 aliphatic heterocycles. The van der Waals surface area contributed by atoms with Gasteiger partial charge in [0.05, 0.1) is 25.4 Å². The van der Waals surface area contributed by atoms with Crippen LogP contribution in [0.3, 0.4) is 0 Å². The molecule has 75 heavy (non-hydrogen) atoms. The maximum Gasteiger partial charge on any atom is 0.305 e. The Bertz CT molecular complexity index is 1130. The van der Waals surface area contributed by atoms with Crippen LogP contribution in [0.1, 0.15) is 393 Å². The largest absolute Gasteiger partial charge is 0.466 e. The van der Waals surface area contributed by atoms with E-state index in [0.29, 0.717) is 25.9 Å². The lowest BCUT2D eigenvalue weighted by Gasteiger charge is -2.22. The normalized spacial score (nSPS) is 12.5. The van der Waals surface area contributed by atoms with Gasteiger partial charge in [0, 0.05) is 12.8 Å². The summed E-state index contributed by atoms with van der Waals surface area (Å²) in [6.07, 6.45) is 79.5. The van der Waals surface area contributed by atoms with Crippen LogP contribution in [-0.4, -0.2) is 47.4 Å². The number of ether oxygens (including phenoxy) is 1. The summed E-state index contributed by atoms with van der Waals surface area (Å²) < 4.78 is 5.50. The van der Waals surface area contributed by atoms with Crippen molar-refractivity contribution in [2.45, 2.75) is 405 Å². The van der Waals surface area contributed by atoms with Gasteiger partial charge in [-0.25, -0.2) is 0 Å². The van der Waals surface area contributed by atoms with Gasteiger partial charge >= 0.3 is 5.97 Å². The van der Waals surface area contributed by atoms with Crippen LogP contribution in [0.25, 0.3) is 0 Å². The van der Waals surface area contributed by atoms with Gasteiger partial charge in [-0.3, -0.25) is 9.59 Å². The van der Waals surface area contributed by atoms with Crippen LogP contribution in [0.15, 0.2) is 12.2 Å². The molecule has 2 unspecified atom stereocenters. The van der Waals surface area contributed by atoms with Crippen LogP contribution >= 0.6 is 0 Å². The second-order valence-electron chi connectivity index (χ2n) is 23.9. The first-order chi connectivity index (χ1) is 37.0. The molecule has 0 aromatic heterocycles. The second-order valence-corrected chi connectivity index (χ2v) is 23.9. The van der Waals surface area contributed by atoms with Crippen LogP contribution in [0.5, 0.6) is 0 Å². The molecule has 0 bridgehead atoms. The molecule has 0 saturated heterocycles. The smallest absolute Gasteiger partial charge is 0.305 e. The molecule has 6 heteroatoms. The minimum atomic E-state index is -0.673. The van der Waals surface area contributed by atoms with E-state index in [9.17, 15) is 19.8 Å². The third kappa shape index (κ3) is 61.7. The molecule has 0 aliphatic carbocycles.